The Labute approximate surface area is 104 Å². The van der Waals surface area contributed by atoms with Gasteiger partial charge in [-0.1, -0.05) is 35.8 Å². The summed E-state index contributed by atoms with van der Waals surface area (Å²) in [5.41, 5.74) is 2.21. The molecule has 2 rings (SSSR count). The molecule has 1 saturated carbocycles. The molecule has 2 nitrogen and oxygen atoms in total. The van der Waals surface area contributed by atoms with E-state index in [1.54, 1.807) is 0 Å². The van der Waals surface area contributed by atoms with Gasteiger partial charge in [-0.05, 0) is 35.6 Å². The fraction of sp³-hybridized carbons (Fsp3) is 0.462. The van der Waals surface area contributed by atoms with Gasteiger partial charge in [0.2, 0.25) is 0 Å². The molecule has 3 heteroatoms. The van der Waals surface area contributed by atoms with Gasteiger partial charge in [-0.3, -0.25) is 4.79 Å². The first kappa shape index (κ1) is 11.6. The van der Waals surface area contributed by atoms with Crippen LogP contribution in [0.2, 0.25) is 0 Å². The second-order valence-corrected chi connectivity index (χ2v) is 6.03. The summed E-state index contributed by atoms with van der Waals surface area (Å²) >= 11 is 3.42. The van der Waals surface area contributed by atoms with Crippen LogP contribution in [0.5, 0.6) is 0 Å². The highest BCUT2D eigenvalue weighted by Crippen LogP contribution is 2.64. The van der Waals surface area contributed by atoms with E-state index in [9.17, 15) is 4.79 Å². The number of rotatable bonds is 2. The smallest absolute Gasteiger partial charge is 0.307 e. The maximum Gasteiger partial charge on any atom is 0.307 e. The fourth-order valence-corrected chi connectivity index (χ4v) is 3.14. The molecule has 1 aromatic carbocycles. The summed E-state index contributed by atoms with van der Waals surface area (Å²) in [5, 5.41) is 9.16. The second kappa shape index (κ2) is 3.59. The van der Waals surface area contributed by atoms with Crippen molar-refractivity contribution in [1.29, 1.82) is 0 Å². The van der Waals surface area contributed by atoms with Gasteiger partial charge in [-0.2, -0.15) is 0 Å². The lowest BCUT2D eigenvalue weighted by Crippen LogP contribution is -2.03. The quantitative estimate of drug-likeness (QED) is 0.900. The molecular weight excluding hydrogens is 268 g/mol. The largest absolute Gasteiger partial charge is 0.481 e. The van der Waals surface area contributed by atoms with E-state index in [-0.39, 0.29) is 17.3 Å². The van der Waals surface area contributed by atoms with Crippen LogP contribution in [0.25, 0.3) is 0 Å². The number of hydrogen-bond donors (Lipinski definition) is 1. The third kappa shape index (κ3) is 1.67. The van der Waals surface area contributed by atoms with Crippen LogP contribution in [0.3, 0.4) is 0 Å². The maximum absolute atomic E-state index is 11.1. The molecule has 86 valence electrons. The van der Waals surface area contributed by atoms with Crippen molar-refractivity contribution in [1.82, 2.24) is 0 Å². The first-order valence-electron chi connectivity index (χ1n) is 5.34. The van der Waals surface area contributed by atoms with Gasteiger partial charge in [0, 0.05) is 10.4 Å². The second-order valence-electron chi connectivity index (χ2n) is 5.12. The minimum Gasteiger partial charge on any atom is -0.481 e. The Balaban J connectivity index is 2.37. The number of carboxylic acids is 1. The van der Waals surface area contributed by atoms with Crippen LogP contribution in [-0.2, 0) is 4.79 Å². The van der Waals surface area contributed by atoms with Gasteiger partial charge in [-0.15, -0.1) is 0 Å². The van der Waals surface area contributed by atoms with Gasteiger partial charge in [-0.25, -0.2) is 0 Å². The number of halogens is 1. The van der Waals surface area contributed by atoms with Gasteiger partial charge in [0.25, 0.3) is 0 Å². The predicted octanol–water partition coefficient (Wildman–Crippen LogP) is 3.58. The Bertz CT molecular complexity index is 451. The van der Waals surface area contributed by atoms with Crippen LogP contribution >= 0.6 is 15.9 Å². The third-order valence-electron chi connectivity index (χ3n) is 3.66. The van der Waals surface area contributed by atoms with Crippen molar-refractivity contribution >= 4 is 21.9 Å². The standard InChI is InChI=1S/C13H15BrO2/c1-7-6-8(14)4-5-9(7)10-11(12(15)16)13(10,2)3/h4-6,10-11H,1-3H3,(H,15,16). The van der Waals surface area contributed by atoms with Crippen LogP contribution in [0.15, 0.2) is 22.7 Å². The maximum atomic E-state index is 11.1. The third-order valence-corrected chi connectivity index (χ3v) is 4.15. The van der Waals surface area contributed by atoms with Crippen LogP contribution in [0.1, 0.15) is 30.9 Å². The van der Waals surface area contributed by atoms with Crippen LogP contribution in [0, 0.1) is 18.3 Å². The Morgan fingerprint density at radius 2 is 2.06 bits per heavy atom. The number of hydrogen-bond acceptors (Lipinski definition) is 1. The number of carbonyl (C=O) groups is 1. The van der Waals surface area contributed by atoms with Gasteiger partial charge < -0.3 is 5.11 Å². The molecule has 1 N–H and O–H groups in total. The van der Waals surface area contributed by atoms with Gasteiger partial charge in [0.1, 0.15) is 0 Å². The molecular formula is C13H15BrO2. The van der Waals surface area contributed by atoms with Crippen LogP contribution in [-0.4, -0.2) is 11.1 Å². The van der Waals surface area contributed by atoms with Crippen molar-refractivity contribution in [3.05, 3.63) is 33.8 Å². The normalized spacial score (nSPS) is 26.5. The molecule has 1 aliphatic carbocycles. The first-order chi connectivity index (χ1) is 7.35. The lowest BCUT2D eigenvalue weighted by Gasteiger charge is -2.07. The summed E-state index contributed by atoms with van der Waals surface area (Å²) < 4.78 is 1.04. The number of aryl methyl sites for hydroxylation is 1. The summed E-state index contributed by atoms with van der Waals surface area (Å²) in [6.07, 6.45) is 0. The first-order valence-corrected chi connectivity index (χ1v) is 6.14. The molecule has 2 unspecified atom stereocenters. The predicted molar refractivity (Wildman–Crippen MR) is 66.5 cm³/mol. The number of benzene rings is 1. The minimum absolute atomic E-state index is 0.121. The summed E-state index contributed by atoms with van der Waals surface area (Å²) in [6, 6.07) is 6.06. The fourth-order valence-electron chi connectivity index (χ4n) is 2.67. The highest BCUT2D eigenvalue weighted by Gasteiger charge is 2.62. The molecule has 0 amide bonds. The summed E-state index contributed by atoms with van der Waals surface area (Å²) in [6.45, 7) is 6.09. The molecule has 1 aliphatic rings. The number of carboxylic acid groups (broad SMARTS) is 1. The topological polar surface area (TPSA) is 37.3 Å². The molecule has 0 saturated heterocycles. The molecule has 1 aromatic rings. The highest BCUT2D eigenvalue weighted by molar-refractivity contribution is 9.10. The minimum atomic E-state index is -0.683. The van der Waals surface area contributed by atoms with E-state index < -0.39 is 5.97 Å². The summed E-state index contributed by atoms with van der Waals surface area (Å²) in [5.74, 6) is -0.775. The molecule has 2 atom stereocenters. The van der Waals surface area contributed by atoms with Crippen molar-refractivity contribution < 1.29 is 9.90 Å². The van der Waals surface area contributed by atoms with E-state index in [0.29, 0.717) is 0 Å². The van der Waals surface area contributed by atoms with Crippen molar-refractivity contribution in [2.45, 2.75) is 26.7 Å². The molecule has 0 bridgehead atoms. The SMILES string of the molecule is Cc1cc(Br)ccc1C1C(C(=O)O)C1(C)C. The van der Waals surface area contributed by atoms with Crippen molar-refractivity contribution in [3.8, 4) is 0 Å². The lowest BCUT2D eigenvalue weighted by molar-refractivity contribution is -0.139. The van der Waals surface area contributed by atoms with E-state index in [2.05, 4.69) is 15.9 Å². The molecule has 0 radical (unpaired) electrons. The number of aliphatic carboxylic acids is 1. The molecule has 0 aliphatic heterocycles. The van der Waals surface area contributed by atoms with Gasteiger partial charge in [0.15, 0.2) is 0 Å². The molecule has 0 spiro atoms. The van der Waals surface area contributed by atoms with Gasteiger partial charge >= 0.3 is 5.97 Å². The summed E-state index contributed by atoms with van der Waals surface area (Å²) in [4.78, 5) is 11.1. The zero-order valence-electron chi connectivity index (χ0n) is 9.62. The molecule has 1 fully saturated rings. The average Bonchev–Trinajstić information content (AvgIpc) is 2.69. The van der Waals surface area contributed by atoms with Crippen molar-refractivity contribution in [2.75, 3.05) is 0 Å². The van der Waals surface area contributed by atoms with Crippen molar-refractivity contribution in [3.63, 3.8) is 0 Å². The molecule has 0 heterocycles. The Hall–Kier alpha value is -0.830. The van der Waals surface area contributed by atoms with Crippen molar-refractivity contribution in [2.24, 2.45) is 11.3 Å². The van der Waals surface area contributed by atoms with E-state index in [1.807, 2.05) is 39.0 Å². The van der Waals surface area contributed by atoms with Gasteiger partial charge in [0.05, 0.1) is 5.92 Å². The van der Waals surface area contributed by atoms with E-state index in [4.69, 9.17) is 5.11 Å². The van der Waals surface area contributed by atoms with E-state index >= 15 is 0 Å². The Morgan fingerprint density at radius 3 is 2.50 bits per heavy atom. The monoisotopic (exact) mass is 282 g/mol. The zero-order valence-corrected chi connectivity index (χ0v) is 11.2. The molecule has 0 aromatic heterocycles. The average molecular weight is 283 g/mol. The van der Waals surface area contributed by atoms with E-state index in [1.165, 1.54) is 5.56 Å². The zero-order chi connectivity index (χ0) is 12.1. The summed E-state index contributed by atoms with van der Waals surface area (Å²) in [7, 11) is 0. The van der Waals surface area contributed by atoms with Crippen LogP contribution in [0.4, 0.5) is 0 Å². The van der Waals surface area contributed by atoms with Crippen LogP contribution < -0.4 is 0 Å². The highest BCUT2D eigenvalue weighted by atomic mass is 79.9. The van der Waals surface area contributed by atoms with E-state index in [0.717, 1.165) is 10.0 Å². The Kier molecular flexibility index (Phi) is 2.61. The Morgan fingerprint density at radius 1 is 1.44 bits per heavy atom. The lowest BCUT2D eigenvalue weighted by atomic mass is 9.99. The molecule has 16 heavy (non-hydrogen) atoms.